The summed E-state index contributed by atoms with van der Waals surface area (Å²) in [6.45, 7) is 7.53. The van der Waals surface area contributed by atoms with Crippen molar-refractivity contribution in [1.29, 1.82) is 0 Å². The van der Waals surface area contributed by atoms with Gasteiger partial charge in [-0.05, 0) is 13.1 Å². The van der Waals surface area contributed by atoms with Crippen LogP contribution in [-0.4, -0.2) is 36.6 Å². The van der Waals surface area contributed by atoms with E-state index in [1.807, 2.05) is 18.7 Å². The summed E-state index contributed by atoms with van der Waals surface area (Å²) in [5, 5.41) is 4.70. The van der Waals surface area contributed by atoms with Crippen molar-refractivity contribution in [3.05, 3.63) is 0 Å². The summed E-state index contributed by atoms with van der Waals surface area (Å²) in [6.07, 6.45) is 0. The van der Waals surface area contributed by atoms with Crippen LogP contribution in [0.1, 0.15) is 20.8 Å². The summed E-state index contributed by atoms with van der Waals surface area (Å²) in [4.78, 5) is 23.4. The quantitative estimate of drug-likeness (QED) is 0.615. The number of hydrogen-bond acceptors (Lipinski definition) is 3. The third-order valence-corrected chi connectivity index (χ3v) is 1.65. The van der Waals surface area contributed by atoms with Gasteiger partial charge < -0.3 is 5.32 Å². The van der Waals surface area contributed by atoms with Gasteiger partial charge in [-0.15, -0.1) is 0 Å². The highest BCUT2D eigenvalue weighted by Gasteiger charge is 2.03. The molecule has 2 N–H and O–H groups in total. The van der Waals surface area contributed by atoms with Gasteiger partial charge >= 0.3 is 6.03 Å². The van der Waals surface area contributed by atoms with Gasteiger partial charge in [-0.1, -0.05) is 13.8 Å². The smallest absolute Gasteiger partial charge is 0.322 e. The molecule has 3 amide bonds. The first-order valence-corrected chi connectivity index (χ1v) is 4.37. The van der Waals surface area contributed by atoms with E-state index in [-0.39, 0.29) is 5.91 Å². The topological polar surface area (TPSA) is 61.4 Å². The van der Waals surface area contributed by atoms with Crippen LogP contribution in [0.15, 0.2) is 0 Å². The van der Waals surface area contributed by atoms with Gasteiger partial charge in [-0.3, -0.25) is 15.0 Å². The SMILES string of the molecule is CCN(CC)CNC(=O)NC(C)=O. The highest BCUT2D eigenvalue weighted by molar-refractivity contribution is 5.92. The van der Waals surface area contributed by atoms with Crippen LogP contribution in [0.4, 0.5) is 4.79 Å². The maximum absolute atomic E-state index is 10.9. The predicted molar refractivity (Wildman–Crippen MR) is 50.1 cm³/mol. The maximum atomic E-state index is 10.9. The van der Waals surface area contributed by atoms with Gasteiger partial charge in [-0.25, -0.2) is 4.79 Å². The summed E-state index contributed by atoms with van der Waals surface area (Å²) >= 11 is 0. The second-order valence-electron chi connectivity index (χ2n) is 2.65. The molecular formula is C8H17N3O2. The molecule has 0 radical (unpaired) electrons. The van der Waals surface area contributed by atoms with E-state index in [4.69, 9.17) is 0 Å². The van der Waals surface area contributed by atoms with Crippen LogP contribution in [0.5, 0.6) is 0 Å². The minimum absolute atomic E-state index is 0.350. The van der Waals surface area contributed by atoms with Gasteiger partial charge in [0, 0.05) is 6.92 Å². The van der Waals surface area contributed by atoms with Crippen LogP contribution in [-0.2, 0) is 4.79 Å². The van der Waals surface area contributed by atoms with Crippen molar-refractivity contribution in [3.8, 4) is 0 Å². The zero-order chi connectivity index (χ0) is 10.3. The predicted octanol–water partition coefficient (Wildman–Crippen LogP) is 0.131. The molecule has 5 nitrogen and oxygen atoms in total. The number of amides is 3. The fourth-order valence-corrected chi connectivity index (χ4v) is 0.835. The van der Waals surface area contributed by atoms with Crippen LogP contribution in [0.25, 0.3) is 0 Å². The lowest BCUT2D eigenvalue weighted by Gasteiger charge is -2.18. The molecule has 0 saturated heterocycles. The van der Waals surface area contributed by atoms with Crippen molar-refractivity contribution in [2.75, 3.05) is 19.8 Å². The van der Waals surface area contributed by atoms with E-state index in [0.29, 0.717) is 6.67 Å². The Morgan fingerprint density at radius 1 is 1.23 bits per heavy atom. The molecule has 0 aromatic rings. The van der Waals surface area contributed by atoms with Gasteiger partial charge in [0.05, 0.1) is 6.67 Å². The number of nitrogens with zero attached hydrogens (tertiary/aromatic N) is 1. The molecule has 0 aliphatic rings. The van der Waals surface area contributed by atoms with Crippen molar-refractivity contribution in [3.63, 3.8) is 0 Å². The van der Waals surface area contributed by atoms with Crippen LogP contribution >= 0.6 is 0 Å². The van der Waals surface area contributed by atoms with Crippen LogP contribution in [0.2, 0.25) is 0 Å². The number of imide groups is 1. The zero-order valence-electron chi connectivity index (χ0n) is 8.39. The minimum atomic E-state index is -0.445. The largest absolute Gasteiger partial charge is 0.325 e. The van der Waals surface area contributed by atoms with E-state index >= 15 is 0 Å². The molecule has 0 aromatic carbocycles. The Morgan fingerprint density at radius 3 is 2.15 bits per heavy atom. The van der Waals surface area contributed by atoms with Crippen molar-refractivity contribution in [1.82, 2.24) is 15.5 Å². The molecule has 13 heavy (non-hydrogen) atoms. The molecular weight excluding hydrogens is 170 g/mol. The van der Waals surface area contributed by atoms with Gasteiger partial charge in [-0.2, -0.15) is 0 Å². The van der Waals surface area contributed by atoms with Gasteiger partial charge in [0.15, 0.2) is 0 Å². The molecule has 0 bridgehead atoms. The van der Waals surface area contributed by atoms with Crippen LogP contribution in [0.3, 0.4) is 0 Å². The Hall–Kier alpha value is -1.10. The summed E-state index contributed by atoms with van der Waals surface area (Å²) in [6, 6.07) is -0.445. The molecule has 0 fully saturated rings. The molecule has 0 atom stereocenters. The number of nitrogens with one attached hydrogen (secondary N) is 2. The minimum Gasteiger partial charge on any atom is -0.325 e. The van der Waals surface area contributed by atoms with Gasteiger partial charge in [0.25, 0.3) is 0 Å². The third-order valence-electron chi connectivity index (χ3n) is 1.65. The molecule has 0 unspecified atom stereocenters. The summed E-state index contributed by atoms with van der Waals surface area (Å²) in [7, 11) is 0. The van der Waals surface area contributed by atoms with Crippen molar-refractivity contribution in [2.24, 2.45) is 0 Å². The average molecular weight is 187 g/mol. The molecule has 76 valence electrons. The number of hydrogen-bond donors (Lipinski definition) is 2. The molecule has 0 rings (SSSR count). The lowest BCUT2D eigenvalue weighted by Crippen LogP contribution is -2.44. The first-order valence-electron chi connectivity index (χ1n) is 4.37. The fourth-order valence-electron chi connectivity index (χ4n) is 0.835. The van der Waals surface area contributed by atoms with E-state index in [2.05, 4.69) is 10.6 Å². The van der Waals surface area contributed by atoms with E-state index in [1.54, 1.807) is 0 Å². The average Bonchev–Trinajstić information content (AvgIpc) is 2.05. The van der Waals surface area contributed by atoms with Crippen LogP contribution < -0.4 is 10.6 Å². The number of urea groups is 1. The molecule has 0 spiro atoms. The second kappa shape index (κ2) is 6.42. The lowest BCUT2D eigenvalue weighted by molar-refractivity contribution is -0.117. The monoisotopic (exact) mass is 187 g/mol. The molecule has 5 heteroatoms. The second-order valence-corrected chi connectivity index (χ2v) is 2.65. The standard InChI is InChI=1S/C8H17N3O2/c1-4-11(5-2)6-9-8(13)10-7(3)12/h4-6H2,1-3H3,(H2,9,10,12,13). The fraction of sp³-hybridized carbons (Fsp3) is 0.750. The van der Waals surface area contributed by atoms with Gasteiger partial charge in [0.1, 0.15) is 0 Å². The first kappa shape index (κ1) is 11.9. The van der Waals surface area contributed by atoms with Gasteiger partial charge in [0.2, 0.25) is 5.91 Å². The Kier molecular flexibility index (Phi) is 5.88. The van der Waals surface area contributed by atoms with E-state index in [1.165, 1.54) is 6.92 Å². The number of carbonyl (C=O) groups is 2. The third kappa shape index (κ3) is 6.10. The molecule has 0 aliphatic carbocycles. The Labute approximate surface area is 78.5 Å². The molecule has 0 aromatic heterocycles. The Morgan fingerprint density at radius 2 is 1.77 bits per heavy atom. The normalized spacial score (nSPS) is 9.85. The summed E-state index contributed by atoms with van der Waals surface area (Å²) in [5.74, 6) is -0.350. The van der Waals surface area contributed by atoms with Crippen molar-refractivity contribution < 1.29 is 9.59 Å². The maximum Gasteiger partial charge on any atom is 0.322 e. The zero-order valence-corrected chi connectivity index (χ0v) is 8.39. The number of rotatable bonds is 4. The Bertz CT molecular complexity index is 178. The first-order chi connectivity index (χ1) is 6.10. The molecule has 0 saturated carbocycles. The van der Waals surface area contributed by atoms with Crippen molar-refractivity contribution >= 4 is 11.9 Å². The van der Waals surface area contributed by atoms with Crippen LogP contribution in [0, 0.1) is 0 Å². The lowest BCUT2D eigenvalue weighted by atomic mass is 10.5. The van der Waals surface area contributed by atoms with E-state index in [9.17, 15) is 9.59 Å². The highest BCUT2D eigenvalue weighted by atomic mass is 16.2. The molecule has 0 heterocycles. The number of carbonyl (C=O) groups excluding carboxylic acids is 2. The molecule has 0 aliphatic heterocycles. The van der Waals surface area contributed by atoms with Crippen molar-refractivity contribution in [2.45, 2.75) is 20.8 Å². The van der Waals surface area contributed by atoms with E-state index < -0.39 is 6.03 Å². The highest BCUT2D eigenvalue weighted by Crippen LogP contribution is 1.82. The summed E-state index contributed by atoms with van der Waals surface area (Å²) < 4.78 is 0. The van der Waals surface area contributed by atoms with E-state index in [0.717, 1.165) is 13.1 Å². The Balaban J connectivity index is 3.62. The summed E-state index contributed by atoms with van der Waals surface area (Å²) in [5.41, 5.74) is 0.